The van der Waals surface area contributed by atoms with Crippen molar-refractivity contribution in [1.82, 2.24) is 4.31 Å². The number of sulfonamides is 1. The highest BCUT2D eigenvalue weighted by Gasteiger charge is 2.31. The summed E-state index contributed by atoms with van der Waals surface area (Å²) in [5, 5.41) is 8.85. The molecule has 1 rings (SSSR count). The van der Waals surface area contributed by atoms with Gasteiger partial charge in [-0.1, -0.05) is 27.7 Å². The molecular formula is C19H29NO6S. The third kappa shape index (κ3) is 6.25. The van der Waals surface area contributed by atoms with Gasteiger partial charge in [0.15, 0.2) is 11.5 Å². The molecule has 0 aliphatic carbocycles. The Balaban J connectivity index is 3.61. The van der Waals surface area contributed by atoms with E-state index in [0.717, 1.165) is 6.08 Å². The summed E-state index contributed by atoms with van der Waals surface area (Å²) >= 11 is 0. The van der Waals surface area contributed by atoms with Gasteiger partial charge in [0, 0.05) is 19.2 Å². The number of carboxylic acid groups (broad SMARTS) is 1. The number of benzene rings is 1. The van der Waals surface area contributed by atoms with Gasteiger partial charge in [0.25, 0.3) is 0 Å². The van der Waals surface area contributed by atoms with Crippen LogP contribution in [0.5, 0.6) is 11.5 Å². The summed E-state index contributed by atoms with van der Waals surface area (Å²) in [4.78, 5) is 10.8. The average Bonchev–Trinajstić information content (AvgIpc) is 2.57. The minimum atomic E-state index is -3.88. The van der Waals surface area contributed by atoms with Crippen LogP contribution in [0.4, 0.5) is 0 Å². The van der Waals surface area contributed by atoms with Crippen LogP contribution in [0.1, 0.15) is 33.3 Å². The van der Waals surface area contributed by atoms with Gasteiger partial charge in [0.2, 0.25) is 10.0 Å². The molecule has 0 heterocycles. The molecule has 1 aromatic carbocycles. The molecule has 0 unspecified atom stereocenters. The first-order chi connectivity index (χ1) is 12.5. The number of hydrogen-bond donors (Lipinski definition) is 1. The molecule has 0 aliphatic heterocycles. The average molecular weight is 400 g/mol. The summed E-state index contributed by atoms with van der Waals surface area (Å²) in [6.45, 7) is 8.53. The zero-order chi connectivity index (χ0) is 20.8. The molecule has 7 nitrogen and oxygen atoms in total. The quantitative estimate of drug-likeness (QED) is 0.608. The molecule has 0 bridgehead atoms. The largest absolute Gasteiger partial charge is 0.493 e. The summed E-state index contributed by atoms with van der Waals surface area (Å²) < 4.78 is 38.8. The summed E-state index contributed by atoms with van der Waals surface area (Å²) in [5.74, 6) is -0.529. The maximum atomic E-state index is 13.4. The predicted molar refractivity (Wildman–Crippen MR) is 105 cm³/mol. The van der Waals surface area contributed by atoms with Crippen molar-refractivity contribution in [3.63, 3.8) is 0 Å². The Kier molecular flexibility index (Phi) is 8.30. The standard InChI is InChI=1S/C19H29NO6S/c1-13(2)11-20(12-14(3)4)27(23,24)17-10-15(7-8-18(21)22)9-16(25-5)19(17)26-6/h7-10,13-14H,11-12H2,1-6H3,(H,21,22)/b8-7+. The second kappa shape index (κ2) is 9.75. The van der Waals surface area contributed by atoms with Gasteiger partial charge in [-0.05, 0) is 35.6 Å². The zero-order valence-corrected chi connectivity index (χ0v) is 17.5. The van der Waals surface area contributed by atoms with Crippen LogP contribution in [-0.2, 0) is 14.8 Å². The maximum Gasteiger partial charge on any atom is 0.328 e. The fourth-order valence-electron chi connectivity index (χ4n) is 2.63. The van der Waals surface area contributed by atoms with Gasteiger partial charge in [-0.25, -0.2) is 13.2 Å². The van der Waals surface area contributed by atoms with Crippen LogP contribution in [0.25, 0.3) is 6.08 Å². The van der Waals surface area contributed by atoms with Crippen LogP contribution in [-0.4, -0.2) is 51.1 Å². The number of carbonyl (C=O) groups is 1. The van der Waals surface area contributed by atoms with Gasteiger partial charge in [-0.2, -0.15) is 4.31 Å². The van der Waals surface area contributed by atoms with Gasteiger partial charge in [0.1, 0.15) is 4.90 Å². The van der Waals surface area contributed by atoms with Crippen molar-refractivity contribution in [3.8, 4) is 11.5 Å². The topological polar surface area (TPSA) is 93.1 Å². The molecule has 0 aromatic heterocycles. The molecule has 152 valence electrons. The second-order valence-corrected chi connectivity index (χ2v) is 8.94. The minimum Gasteiger partial charge on any atom is -0.493 e. The first-order valence-electron chi connectivity index (χ1n) is 8.70. The highest BCUT2D eigenvalue weighted by molar-refractivity contribution is 7.89. The molecule has 0 spiro atoms. The molecule has 0 aliphatic rings. The lowest BCUT2D eigenvalue weighted by Gasteiger charge is -2.27. The normalized spacial score (nSPS) is 12.3. The lowest BCUT2D eigenvalue weighted by Crippen LogP contribution is -2.37. The van der Waals surface area contributed by atoms with Crippen molar-refractivity contribution in [2.45, 2.75) is 32.6 Å². The minimum absolute atomic E-state index is 0.0457. The van der Waals surface area contributed by atoms with E-state index >= 15 is 0 Å². The number of carboxylic acids is 1. The number of hydrogen-bond acceptors (Lipinski definition) is 5. The highest BCUT2D eigenvalue weighted by atomic mass is 32.2. The van der Waals surface area contributed by atoms with E-state index in [0.29, 0.717) is 18.7 Å². The van der Waals surface area contributed by atoms with Gasteiger partial charge in [0.05, 0.1) is 14.2 Å². The molecule has 0 saturated heterocycles. The Morgan fingerprint density at radius 2 is 1.67 bits per heavy atom. The van der Waals surface area contributed by atoms with Gasteiger partial charge in [-0.15, -0.1) is 0 Å². The molecule has 0 fully saturated rings. The molecule has 1 aromatic rings. The van der Waals surface area contributed by atoms with Gasteiger partial charge >= 0.3 is 5.97 Å². The number of aliphatic carboxylic acids is 1. The number of nitrogens with zero attached hydrogens (tertiary/aromatic N) is 1. The van der Waals surface area contributed by atoms with Crippen molar-refractivity contribution in [2.24, 2.45) is 11.8 Å². The maximum absolute atomic E-state index is 13.4. The lowest BCUT2D eigenvalue weighted by molar-refractivity contribution is -0.131. The first kappa shape index (κ1) is 23.0. The number of rotatable bonds is 10. The van der Waals surface area contributed by atoms with E-state index in [-0.39, 0.29) is 28.2 Å². The second-order valence-electron chi connectivity index (χ2n) is 7.04. The molecule has 0 saturated carbocycles. The summed E-state index contributed by atoms with van der Waals surface area (Å²) in [5.41, 5.74) is 0.391. The van der Waals surface area contributed by atoms with Crippen LogP contribution in [0.2, 0.25) is 0 Å². The zero-order valence-electron chi connectivity index (χ0n) is 16.7. The molecule has 8 heteroatoms. The summed E-state index contributed by atoms with van der Waals surface area (Å²) in [6.07, 6.45) is 2.26. The van der Waals surface area contributed by atoms with Crippen LogP contribution in [0.3, 0.4) is 0 Å². The van der Waals surface area contributed by atoms with Crippen LogP contribution < -0.4 is 9.47 Å². The smallest absolute Gasteiger partial charge is 0.328 e. The van der Waals surface area contributed by atoms with E-state index in [1.54, 1.807) is 0 Å². The SMILES string of the molecule is COc1cc(/C=C/C(=O)O)cc(S(=O)(=O)N(CC(C)C)CC(C)C)c1OC. The highest BCUT2D eigenvalue weighted by Crippen LogP contribution is 2.37. The van der Waals surface area contributed by atoms with Crippen LogP contribution >= 0.6 is 0 Å². The summed E-state index contributed by atoms with van der Waals surface area (Å²) in [6, 6.07) is 2.94. The monoisotopic (exact) mass is 399 g/mol. The van der Waals surface area contributed by atoms with E-state index in [9.17, 15) is 13.2 Å². The Bertz CT molecular complexity index is 774. The van der Waals surface area contributed by atoms with Crippen molar-refractivity contribution >= 4 is 22.1 Å². The Morgan fingerprint density at radius 3 is 2.07 bits per heavy atom. The fourth-order valence-corrected chi connectivity index (χ4v) is 4.60. The molecule has 27 heavy (non-hydrogen) atoms. The third-order valence-corrected chi connectivity index (χ3v) is 5.48. The van der Waals surface area contributed by atoms with E-state index in [1.165, 1.54) is 36.7 Å². The van der Waals surface area contributed by atoms with Gasteiger partial charge in [-0.3, -0.25) is 0 Å². The lowest BCUT2D eigenvalue weighted by atomic mass is 10.2. The van der Waals surface area contributed by atoms with Crippen LogP contribution in [0, 0.1) is 11.8 Å². The van der Waals surface area contributed by atoms with E-state index in [2.05, 4.69) is 0 Å². The molecule has 0 radical (unpaired) electrons. The first-order valence-corrected chi connectivity index (χ1v) is 10.1. The van der Waals surface area contributed by atoms with E-state index < -0.39 is 16.0 Å². The van der Waals surface area contributed by atoms with Crippen molar-refractivity contribution in [1.29, 1.82) is 0 Å². The Labute approximate surface area is 161 Å². The van der Waals surface area contributed by atoms with E-state index in [4.69, 9.17) is 14.6 Å². The molecule has 1 N–H and O–H groups in total. The fraction of sp³-hybridized carbons (Fsp3) is 0.526. The van der Waals surface area contributed by atoms with E-state index in [1.807, 2.05) is 27.7 Å². The molecule has 0 amide bonds. The van der Waals surface area contributed by atoms with Crippen molar-refractivity contribution in [2.75, 3.05) is 27.3 Å². The van der Waals surface area contributed by atoms with Crippen molar-refractivity contribution < 1.29 is 27.8 Å². The third-order valence-electron chi connectivity index (χ3n) is 3.64. The van der Waals surface area contributed by atoms with Gasteiger partial charge < -0.3 is 14.6 Å². The molecular weight excluding hydrogens is 370 g/mol. The number of methoxy groups -OCH3 is 2. The Hall–Kier alpha value is -2.06. The Morgan fingerprint density at radius 1 is 1.11 bits per heavy atom. The number of ether oxygens (including phenoxy) is 2. The van der Waals surface area contributed by atoms with Crippen molar-refractivity contribution in [3.05, 3.63) is 23.8 Å². The molecule has 0 atom stereocenters. The predicted octanol–water partition coefficient (Wildman–Crippen LogP) is 3.10. The summed E-state index contributed by atoms with van der Waals surface area (Å²) in [7, 11) is -1.10. The van der Waals surface area contributed by atoms with Crippen LogP contribution in [0.15, 0.2) is 23.1 Å².